The van der Waals surface area contributed by atoms with Crippen molar-refractivity contribution in [1.82, 2.24) is 10.3 Å². The fraction of sp³-hybridized carbons (Fsp3) is 0.296. The minimum absolute atomic E-state index is 0.150. The van der Waals surface area contributed by atoms with Crippen LogP contribution in [-0.4, -0.2) is 12.0 Å². The number of benzene rings is 2. The first-order chi connectivity index (χ1) is 15.1. The minimum atomic E-state index is 0.150. The maximum Gasteiger partial charge on any atom is 0.0589 e. The van der Waals surface area contributed by atoms with E-state index >= 15 is 0 Å². The van der Waals surface area contributed by atoms with Crippen LogP contribution < -0.4 is 16.4 Å². The zero-order valence-electron chi connectivity index (χ0n) is 19.0. The lowest BCUT2D eigenvalue weighted by Crippen LogP contribution is -2.30. The van der Waals surface area contributed by atoms with Gasteiger partial charge in [0.15, 0.2) is 0 Å². The highest BCUT2D eigenvalue weighted by Crippen LogP contribution is 2.51. The van der Waals surface area contributed by atoms with Crippen molar-refractivity contribution in [2.24, 2.45) is 5.73 Å². The molecular formula is C27H34N4. The van der Waals surface area contributed by atoms with E-state index in [9.17, 15) is 0 Å². The van der Waals surface area contributed by atoms with Gasteiger partial charge in [-0.3, -0.25) is 4.98 Å². The largest absolute Gasteiger partial charge is 0.399 e. The van der Waals surface area contributed by atoms with Crippen molar-refractivity contribution in [2.75, 3.05) is 12.4 Å². The molecule has 0 saturated carbocycles. The van der Waals surface area contributed by atoms with Crippen LogP contribution in [-0.2, 0) is 6.54 Å². The van der Waals surface area contributed by atoms with E-state index < -0.39 is 0 Å². The van der Waals surface area contributed by atoms with Crippen LogP contribution in [0.25, 0.3) is 5.70 Å². The summed E-state index contributed by atoms with van der Waals surface area (Å²) >= 11 is 0. The molecule has 0 aliphatic carbocycles. The lowest BCUT2D eigenvalue weighted by molar-refractivity contribution is 0.486. The van der Waals surface area contributed by atoms with E-state index in [0.717, 1.165) is 17.8 Å². The molecule has 4 rings (SSSR count). The molecule has 0 bridgehead atoms. The highest BCUT2D eigenvalue weighted by Gasteiger charge is 2.37. The average molecular weight is 415 g/mol. The van der Waals surface area contributed by atoms with Crippen molar-refractivity contribution >= 4 is 11.4 Å². The Hall–Kier alpha value is -3.11. The summed E-state index contributed by atoms with van der Waals surface area (Å²) < 4.78 is 0. The molecule has 4 nitrogen and oxygen atoms in total. The number of nitrogens with one attached hydrogen (secondary N) is 2. The Morgan fingerprint density at radius 3 is 2.32 bits per heavy atom. The Kier molecular flexibility index (Phi) is 7.48. The van der Waals surface area contributed by atoms with Gasteiger partial charge in [-0.05, 0) is 53.4 Å². The van der Waals surface area contributed by atoms with Gasteiger partial charge in [-0.2, -0.15) is 0 Å². The van der Waals surface area contributed by atoms with Gasteiger partial charge in [-0.15, -0.1) is 0 Å². The maximum atomic E-state index is 6.15. The summed E-state index contributed by atoms with van der Waals surface area (Å²) in [7, 11) is 1.97. The third-order valence-electron chi connectivity index (χ3n) is 5.93. The average Bonchev–Trinajstić information content (AvgIpc) is 2.81. The van der Waals surface area contributed by atoms with Gasteiger partial charge in [0, 0.05) is 41.8 Å². The van der Waals surface area contributed by atoms with Crippen LogP contribution in [0.5, 0.6) is 0 Å². The Morgan fingerprint density at radius 1 is 1.03 bits per heavy atom. The van der Waals surface area contributed by atoms with E-state index in [1.165, 1.54) is 22.3 Å². The highest BCUT2D eigenvalue weighted by atomic mass is 15.0. The van der Waals surface area contributed by atoms with Crippen molar-refractivity contribution in [3.63, 3.8) is 0 Å². The maximum absolute atomic E-state index is 6.15. The molecule has 0 amide bonds. The number of fused-ring (bicyclic) bond motifs is 1. The zero-order chi connectivity index (χ0) is 22.4. The number of aromatic nitrogens is 1. The summed E-state index contributed by atoms with van der Waals surface area (Å²) in [5.74, 6) is 0.533. The summed E-state index contributed by atoms with van der Waals surface area (Å²) in [5.41, 5.74) is 14.0. The monoisotopic (exact) mass is 414 g/mol. The molecule has 3 unspecified atom stereocenters. The third-order valence-corrected chi connectivity index (χ3v) is 5.93. The van der Waals surface area contributed by atoms with Gasteiger partial charge in [0.1, 0.15) is 0 Å². The fourth-order valence-corrected chi connectivity index (χ4v) is 4.59. The molecular weight excluding hydrogens is 380 g/mol. The number of anilines is 1. The highest BCUT2D eigenvalue weighted by molar-refractivity contribution is 5.73. The molecule has 2 heterocycles. The molecule has 3 atom stereocenters. The second-order valence-electron chi connectivity index (χ2n) is 7.78. The number of pyridine rings is 1. The predicted octanol–water partition coefficient (Wildman–Crippen LogP) is 5.81. The quantitative estimate of drug-likeness (QED) is 0.493. The predicted molar refractivity (Wildman–Crippen MR) is 132 cm³/mol. The Morgan fingerprint density at radius 2 is 1.71 bits per heavy atom. The van der Waals surface area contributed by atoms with Crippen LogP contribution in [0.4, 0.5) is 5.69 Å². The smallest absolute Gasteiger partial charge is 0.0589 e. The van der Waals surface area contributed by atoms with Gasteiger partial charge in [0.05, 0.1) is 6.04 Å². The van der Waals surface area contributed by atoms with E-state index in [2.05, 4.69) is 77.7 Å². The van der Waals surface area contributed by atoms with Crippen LogP contribution in [0.2, 0.25) is 0 Å². The van der Waals surface area contributed by atoms with Crippen LogP contribution >= 0.6 is 0 Å². The lowest BCUT2D eigenvalue weighted by Gasteiger charge is -2.41. The van der Waals surface area contributed by atoms with Crippen molar-refractivity contribution in [3.8, 4) is 0 Å². The summed E-state index contributed by atoms with van der Waals surface area (Å²) in [6.07, 6.45) is 3.73. The number of nitrogens with zero attached hydrogens (tertiary/aromatic N) is 1. The molecule has 1 aliphatic rings. The van der Waals surface area contributed by atoms with Gasteiger partial charge < -0.3 is 16.4 Å². The van der Waals surface area contributed by atoms with E-state index in [1.807, 2.05) is 39.4 Å². The second-order valence-corrected chi connectivity index (χ2v) is 7.78. The summed E-state index contributed by atoms with van der Waals surface area (Å²) in [6, 6.07) is 19.5. The molecule has 3 aromatic rings. The number of hydrogen-bond donors (Lipinski definition) is 3. The van der Waals surface area contributed by atoms with Crippen LogP contribution in [0.15, 0.2) is 73.6 Å². The van der Waals surface area contributed by atoms with Crippen molar-refractivity contribution in [2.45, 2.75) is 45.2 Å². The van der Waals surface area contributed by atoms with Crippen LogP contribution in [0.3, 0.4) is 0 Å². The molecule has 2 aromatic carbocycles. The topological polar surface area (TPSA) is 63.0 Å². The fourth-order valence-electron chi connectivity index (χ4n) is 4.59. The number of rotatable bonds is 5. The summed E-state index contributed by atoms with van der Waals surface area (Å²) in [4.78, 5) is 4.21. The number of nitrogens with two attached hydrogens (primary N) is 1. The number of hydrogen-bond acceptors (Lipinski definition) is 4. The van der Waals surface area contributed by atoms with Gasteiger partial charge in [0.2, 0.25) is 0 Å². The van der Waals surface area contributed by atoms with Gasteiger partial charge >= 0.3 is 0 Å². The molecule has 0 saturated heterocycles. The molecule has 162 valence electrons. The summed E-state index contributed by atoms with van der Waals surface area (Å²) in [6.45, 7) is 11.2. The molecule has 4 heteroatoms. The lowest BCUT2D eigenvalue weighted by atomic mass is 9.71. The summed E-state index contributed by atoms with van der Waals surface area (Å²) in [5, 5.41) is 7.01. The molecule has 0 spiro atoms. The SMILES string of the molecule is C=C(N)c1cccc2c1C(C)C(c1ccc(CNC)cc1)C(c1ccncc1)N2.CC. The van der Waals surface area contributed by atoms with Gasteiger partial charge in [0.25, 0.3) is 0 Å². The molecule has 0 fully saturated rings. The molecule has 4 N–H and O–H groups in total. The van der Waals surface area contributed by atoms with E-state index in [-0.39, 0.29) is 17.9 Å². The van der Waals surface area contributed by atoms with Gasteiger partial charge in [-0.25, -0.2) is 0 Å². The Bertz CT molecular complexity index is 996. The zero-order valence-corrected chi connectivity index (χ0v) is 19.0. The Balaban J connectivity index is 0.00000132. The van der Waals surface area contributed by atoms with Crippen molar-refractivity contribution in [1.29, 1.82) is 0 Å². The van der Waals surface area contributed by atoms with E-state index in [0.29, 0.717) is 5.70 Å². The molecule has 1 aliphatic heterocycles. The third kappa shape index (κ3) is 4.64. The minimum Gasteiger partial charge on any atom is -0.399 e. The second kappa shape index (κ2) is 10.3. The van der Waals surface area contributed by atoms with Crippen molar-refractivity contribution < 1.29 is 0 Å². The van der Waals surface area contributed by atoms with E-state index in [4.69, 9.17) is 5.73 Å². The Labute approximate surface area is 186 Å². The first kappa shape index (κ1) is 22.6. The molecule has 1 aromatic heterocycles. The molecule has 0 radical (unpaired) electrons. The normalized spacial score (nSPS) is 19.4. The first-order valence-corrected chi connectivity index (χ1v) is 11.1. The first-order valence-electron chi connectivity index (χ1n) is 11.1. The van der Waals surface area contributed by atoms with Crippen LogP contribution in [0, 0.1) is 0 Å². The molecule has 31 heavy (non-hydrogen) atoms. The standard InChI is InChI=1S/C25H28N4.C2H6/c1-16-23(19-9-7-18(8-10-19)15-27-3)25(20-11-13-28-14-12-20)29-22-6-4-5-21(17(2)26)24(16)22;1-2/h4-14,16,23,25,27,29H,2,15,26H2,1,3H3;1-2H3. The van der Waals surface area contributed by atoms with Gasteiger partial charge in [-0.1, -0.05) is 63.7 Å². The van der Waals surface area contributed by atoms with Crippen LogP contribution in [0.1, 0.15) is 66.5 Å². The van der Waals surface area contributed by atoms with E-state index in [1.54, 1.807) is 0 Å². The van der Waals surface area contributed by atoms with Crippen molar-refractivity contribution in [3.05, 3.63) is 101 Å².